The largest absolute Gasteiger partial charge is 0.508 e. The Bertz CT molecular complexity index is 668. The van der Waals surface area contributed by atoms with Crippen LogP contribution in [0.3, 0.4) is 0 Å². The average molecular weight is 298 g/mol. The number of phenols is 1. The molecule has 22 heavy (non-hydrogen) atoms. The standard InChI is InChI=1S/C17H18N2O3/c20-15-5-1-12(2-6-15)7-9-18-17(21)19-14-4-3-13-8-10-22-16(13)11-14/h1-6,11,20H,7-10H2,(H2,18,19,21). The van der Waals surface area contributed by atoms with Crippen LogP contribution in [-0.2, 0) is 12.8 Å². The molecule has 0 unspecified atom stereocenters. The molecule has 1 aliphatic rings. The first-order valence-electron chi connectivity index (χ1n) is 7.29. The van der Waals surface area contributed by atoms with Crippen molar-refractivity contribution in [3.05, 3.63) is 53.6 Å². The molecular weight excluding hydrogens is 280 g/mol. The van der Waals surface area contributed by atoms with Gasteiger partial charge in [0.05, 0.1) is 6.61 Å². The van der Waals surface area contributed by atoms with Gasteiger partial charge in [0.2, 0.25) is 0 Å². The summed E-state index contributed by atoms with van der Waals surface area (Å²) >= 11 is 0. The van der Waals surface area contributed by atoms with Crippen LogP contribution in [0, 0.1) is 0 Å². The molecule has 114 valence electrons. The molecule has 2 aromatic carbocycles. The van der Waals surface area contributed by atoms with Crippen molar-refractivity contribution >= 4 is 11.7 Å². The Morgan fingerprint density at radius 2 is 2.00 bits per heavy atom. The molecule has 1 heterocycles. The number of aromatic hydroxyl groups is 1. The van der Waals surface area contributed by atoms with E-state index >= 15 is 0 Å². The summed E-state index contributed by atoms with van der Waals surface area (Å²) in [5.41, 5.74) is 2.96. The van der Waals surface area contributed by atoms with Crippen LogP contribution in [-0.4, -0.2) is 24.3 Å². The molecule has 2 aromatic rings. The van der Waals surface area contributed by atoms with E-state index in [1.54, 1.807) is 12.1 Å². The van der Waals surface area contributed by atoms with E-state index in [-0.39, 0.29) is 11.8 Å². The Morgan fingerprint density at radius 1 is 1.18 bits per heavy atom. The molecule has 0 fully saturated rings. The Kier molecular flexibility index (Phi) is 4.14. The van der Waals surface area contributed by atoms with Crippen LogP contribution in [0.4, 0.5) is 10.5 Å². The van der Waals surface area contributed by atoms with Crippen LogP contribution >= 0.6 is 0 Å². The molecule has 1 aliphatic heterocycles. The second-order valence-electron chi connectivity index (χ2n) is 5.22. The molecule has 2 amide bonds. The molecule has 0 saturated carbocycles. The summed E-state index contributed by atoms with van der Waals surface area (Å²) in [6.45, 7) is 1.23. The predicted molar refractivity (Wildman–Crippen MR) is 84.5 cm³/mol. The Morgan fingerprint density at radius 3 is 2.82 bits per heavy atom. The van der Waals surface area contributed by atoms with E-state index in [1.807, 2.05) is 30.3 Å². The van der Waals surface area contributed by atoms with Gasteiger partial charge in [0.1, 0.15) is 11.5 Å². The first kappa shape index (κ1) is 14.3. The number of carbonyl (C=O) groups excluding carboxylic acids is 1. The third-order valence-corrected chi connectivity index (χ3v) is 3.59. The van der Waals surface area contributed by atoms with Crippen molar-refractivity contribution in [3.8, 4) is 11.5 Å². The van der Waals surface area contributed by atoms with Gasteiger partial charge in [0, 0.05) is 24.7 Å². The number of nitrogens with one attached hydrogen (secondary N) is 2. The number of benzene rings is 2. The fourth-order valence-electron chi connectivity index (χ4n) is 2.40. The van der Waals surface area contributed by atoms with Crippen LogP contribution < -0.4 is 15.4 Å². The van der Waals surface area contributed by atoms with Gasteiger partial charge in [0.25, 0.3) is 0 Å². The lowest BCUT2D eigenvalue weighted by molar-refractivity contribution is 0.252. The van der Waals surface area contributed by atoms with Crippen molar-refractivity contribution in [2.75, 3.05) is 18.5 Å². The van der Waals surface area contributed by atoms with Gasteiger partial charge in [0.15, 0.2) is 0 Å². The molecule has 0 bridgehead atoms. The number of hydrogen-bond acceptors (Lipinski definition) is 3. The number of urea groups is 1. The predicted octanol–water partition coefficient (Wildman–Crippen LogP) is 2.69. The minimum Gasteiger partial charge on any atom is -0.508 e. The van der Waals surface area contributed by atoms with Gasteiger partial charge in [-0.15, -0.1) is 0 Å². The zero-order chi connectivity index (χ0) is 15.4. The average Bonchev–Trinajstić information content (AvgIpc) is 2.97. The lowest BCUT2D eigenvalue weighted by Gasteiger charge is -2.09. The minimum atomic E-state index is -0.239. The van der Waals surface area contributed by atoms with E-state index in [9.17, 15) is 9.90 Å². The van der Waals surface area contributed by atoms with Crippen LogP contribution in [0.15, 0.2) is 42.5 Å². The molecule has 0 saturated heterocycles. The summed E-state index contributed by atoms with van der Waals surface area (Å²) in [7, 11) is 0. The van der Waals surface area contributed by atoms with E-state index in [2.05, 4.69) is 10.6 Å². The highest BCUT2D eigenvalue weighted by Crippen LogP contribution is 2.28. The summed E-state index contributed by atoms with van der Waals surface area (Å²) < 4.78 is 5.48. The molecule has 3 N–H and O–H groups in total. The van der Waals surface area contributed by atoms with Crippen molar-refractivity contribution in [1.82, 2.24) is 5.32 Å². The van der Waals surface area contributed by atoms with Crippen molar-refractivity contribution in [1.29, 1.82) is 0 Å². The number of ether oxygens (including phenoxy) is 1. The topological polar surface area (TPSA) is 70.6 Å². The zero-order valence-electron chi connectivity index (χ0n) is 12.1. The van der Waals surface area contributed by atoms with Crippen LogP contribution in [0.5, 0.6) is 11.5 Å². The highest BCUT2D eigenvalue weighted by atomic mass is 16.5. The van der Waals surface area contributed by atoms with Crippen molar-refractivity contribution in [3.63, 3.8) is 0 Å². The number of hydrogen-bond donors (Lipinski definition) is 3. The van der Waals surface area contributed by atoms with Gasteiger partial charge in [-0.2, -0.15) is 0 Å². The van der Waals surface area contributed by atoms with Crippen molar-refractivity contribution in [2.45, 2.75) is 12.8 Å². The minimum absolute atomic E-state index is 0.239. The summed E-state index contributed by atoms with van der Waals surface area (Å²) in [4.78, 5) is 11.9. The number of anilines is 1. The first-order valence-corrected chi connectivity index (χ1v) is 7.29. The zero-order valence-corrected chi connectivity index (χ0v) is 12.1. The van der Waals surface area contributed by atoms with Crippen molar-refractivity contribution < 1.29 is 14.6 Å². The smallest absolute Gasteiger partial charge is 0.319 e. The summed E-state index contributed by atoms with van der Waals surface area (Å²) in [5, 5.41) is 14.8. The number of amides is 2. The molecule has 3 rings (SSSR count). The van der Waals surface area contributed by atoms with Gasteiger partial charge in [-0.25, -0.2) is 4.79 Å². The maximum Gasteiger partial charge on any atom is 0.319 e. The SMILES string of the molecule is O=C(NCCc1ccc(O)cc1)Nc1ccc2c(c1)OCC2. The number of phenolic OH excluding ortho intramolecular Hbond substituents is 1. The van der Waals surface area contributed by atoms with Crippen LogP contribution in [0.1, 0.15) is 11.1 Å². The number of rotatable bonds is 4. The van der Waals surface area contributed by atoms with E-state index in [0.717, 1.165) is 23.4 Å². The first-order chi connectivity index (χ1) is 10.7. The highest BCUT2D eigenvalue weighted by molar-refractivity contribution is 5.89. The highest BCUT2D eigenvalue weighted by Gasteiger charge is 2.12. The van der Waals surface area contributed by atoms with E-state index in [0.29, 0.717) is 19.6 Å². The fourth-order valence-corrected chi connectivity index (χ4v) is 2.40. The van der Waals surface area contributed by atoms with Crippen LogP contribution in [0.25, 0.3) is 0 Å². The second kappa shape index (κ2) is 6.39. The summed E-state index contributed by atoms with van der Waals surface area (Å²) in [6, 6.07) is 12.4. The number of carbonyl (C=O) groups is 1. The second-order valence-corrected chi connectivity index (χ2v) is 5.22. The lowest BCUT2D eigenvalue weighted by atomic mass is 10.1. The van der Waals surface area contributed by atoms with E-state index in [4.69, 9.17) is 4.74 Å². The monoisotopic (exact) mass is 298 g/mol. The van der Waals surface area contributed by atoms with Crippen molar-refractivity contribution in [2.24, 2.45) is 0 Å². The number of fused-ring (bicyclic) bond motifs is 1. The molecule has 5 nitrogen and oxygen atoms in total. The molecule has 0 aliphatic carbocycles. The van der Waals surface area contributed by atoms with E-state index < -0.39 is 0 Å². The quantitative estimate of drug-likeness (QED) is 0.812. The fraction of sp³-hybridized carbons (Fsp3) is 0.235. The van der Waals surface area contributed by atoms with Gasteiger partial charge >= 0.3 is 6.03 Å². The summed E-state index contributed by atoms with van der Waals surface area (Å²) in [5.74, 6) is 1.09. The Hall–Kier alpha value is -2.69. The molecular formula is C17H18N2O3. The van der Waals surface area contributed by atoms with Gasteiger partial charge < -0.3 is 20.5 Å². The van der Waals surface area contributed by atoms with Gasteiger partial charge in [-0.3, -0.25) is 0 Å². The maximum absolute atomic E-state index is 11.9. The maximum atomic E-state index is 11.9. The Balaban J connectivity index is 1.47. The molecule has 5 heteroatoms. The van der Waals surface area contributed by atoms with Gasteiger partial charge in [-0.05, 0) is 35.7 Å². The molecule has 0 radical (unpaired) electrons. The molecule has 0 atom stereocenters. The third kappa shape index (κ3) is 3.49. The normalized spacial score (nSPS) is 12.4. The third-order valence-electron chi connectivity index (χ3n) is 3.59. The van der Waals surface area contributed by atoms with Crippen LogP contribution in [0.2, 0.25) is 0 Å². The van der Waals surface area contributed by atoms with Gasteiger partial charge in [-0.1, -0.05) is 18.2 Å². The van der Waals surface area contributed by atoms with E-state index in [1.165, 1.54) is 5.56 Å². The molecule has 0 aromatic heterocycles. The summed E-state index contributed by atoms with van der Waals surface area (Å²) in [6.07, 6.45) is 1.63. The lowest BCUT2D eigenvalue weighted by Crippen LogP contribution is -2.30. The Labute approximate surface area is 128 Å². The molecule has 0 spiro atoms.